The number of benzene rings is 1. The second kappa shape index (κ2) is 6.39. The van der Waals surface area contributed by atoms with Gasteiger partial charge in [0.2, 0.25) is 20.0 Å². The molecule has 0 aromatic heterocycles. The summed E-state index contributed by atoms with van der Waals surface area (Å²) in [6.45, 7) is -0.443. The van der Waals surface area contributed by atoms with E-state index in [0.717, 1.165) is 6.07 Å². The number of nitrogens with one attached hydrogen (secondary N) is 1. The minimum Gasteiger partial charge on any atom is -0.495 e. The molecule has 4 N–H and O–H groups in total. The molecule has 0 bridgehead atoms. The highest BCUT2D eigenvalue weighted by Gasteiger charge is 2.21. The van der Waals surface area contributed by atoms with Gasteiger partial charge in [-0.2, -0.15) is 0 Å². The summed E-state index contributed by atoms with van der Waals surface area (Å²) < 4.78 is 52.5. The minimum atomic E-state index is -4.14. The largest absolute Gasteiger partial charge is 0.495 e. The maximum absolute atomic E-state index is 12.1. The van der Waals surface area contributed by atoms with Crippen molar-refractivity contribution < 1.29 is 31.5 Å². The number of rotatable bonds is 7. The van der Waals surface area contributed by atoms with Gasteiger partial charge in [0.05, 0.1) is 18.4 Å². The van der Waals surface area contributed by atoms with Gasteiger partial charge in [-0.05, 0) is 18.2 Å². The number of sulfonamides is 2. The zero-order valence-corrected chi connectivity index (χ0v) is 12.6. The predicted molar refractivity (Wildman–Crippen MR) is 73.1 cm³/mol. The van der Waals surface area contributed by atoms with E-state index in [9.17, 15) is 21.6 Å². The van der Waals surface area contributed by atoms with Crippen molar-refractivity contribution in [3.05, 3.63) is 23.8 Å². The summed E-state index contributed by atoms with van der Waals surface area (Å²) in [5, 5.41) is 13.6. The Bertz CT molecular complexity index is 741. The molecule has 9 nitrogen and oxygen atoms in total. The van der Waals surface area contributed by atoms with Crippen molar-refractivity contribution >= 4 is 26.0 Å². The van der Waals surface area contributed by atoms with Gasteiger partial charge in [0.1, 0.15) is 10.6 Å². The van der Waals surface area contributed by atoms with Crippen LogP contribution in [0, 0.1) is 0 Å². The Labute approximate surface area is 121 Å². The summed E-state index contributed by atoms with van der Waals surface area (Å²) >= 11 is 0. The second-order valence-electron chi connectivity index (χ2n) is 3.94. The Balaban J connectivity index is 3.11. The Hall–Kier alpha value is -1.69. The summed E-state index contributed by atoms with van der Waals surface area (Å²) in [5.41, 5.74) is -0.248. The number of primary sulfonamides is 1. The van der Waals surface area contributed by atoms with E-state index < -0.39 is 43.2 Å². The van der Waals surface area contributed by atoms with E-state index in [2.05, 4.69) is 0 Å². The molecule has 0 aliphatic carbocycles. The standard InChI is InChI=1S/C10H14N2O7S2/c1-19-8-3-2-7(10(13)14)6-9(8)21(17,18)12-4-5-20(11,15)16/h2-3,6,12H,4-5H2,1H3,(H,13,14)(H2,11,15,16). The fraction of sp³-hybridized carbons (Fsp3) is 0.300. The average molecular weight is 338 g/mol. The van der Waals surface area contributed by atoms with E-state index in [-0.39, 0.29) is 11.3 Å². The van der Waals surface area contributed by atoms with Crippen LogP contribution in [-0.2, 0) is 20.0 Å². The first-order valence-corrected chi connectivity index (χ1v) is 8.68. The van der Waals surface area contributed by atoms with E-state index in [1.807, 2.05) is 4.72 Å². The first-order valence-electron chi connectivity index (χ1n) is 5.48. The van der Waals surface area contributed by atoms with E-state index >= 15 is 0 Å². The van der Waals surface area contributed by atoms with Crippen molar-refractivity contribution in [2.75, 3.05) is 19.4 Å². The molecule has 0 saturated heterocycles. The molecule has 21 heavy (non-hydrogen) atoms. The van der Waals surface area contributed by atoms with E-state index in [4.69, 9.17) is 15.0 Å². The van der Waals surface area contributed by atoms with Crippen LogP contribution in [0.4, 0.5) is 0 Å². The Morgan fingerprint density at radius 2 is 1.95 bits per heavy atom. The number of methoxy groups -OCH3 is 1. The van der Waals surface area contributed by atoms with E-state index in [1.165, 1.54) is 19.2 Å². The molecule has 0 fully saturated rings. The summed E-state index contributed by atoms with van der Waals surface area (Å²) in [6.07, 6.45) is 0. The lowest BCUT2D eigenvalue weighted by atomic mass is 10.2. The molecule has 0 spiro atoms. The lowest BCUT2D eigenvalue weighted by molar-refractivity contribution is 0.0696. The first kappa shape index (κ1) is 17.4. The van der Waals surface area contributed by atoms with E-state index in [1.54, 1.807) is 0 Å². The van der Waals surface area contributed by atoms with Crippen molar-refractivity contribution in [3.63, 3.8) is 0 Å². The fourth-order valence-electron chi connectivity index (χ4n) is 1.42. The molecule has 1 rings (SSSR count). The third kappa shape index (κ3) is 4.97. The van der Waals surface area contributed by atoms with Gasteiger partial charge in [0.25, 0.3) is 0 Å². The van der Waals surface area contributed by atoms with Gasteiger partial charge in [-0.25, -0.2) is 31.5 Å². The van der Waals surface area contributed by atoms with Gasteiger partial charge < -0.3 is 9.84 Å². The van der Waals surface area contributed by atoms with Crippen molar-refractivity contribution in [1.82, 2.24) is 4.72 Å². The van der Waals surface area contributed by atoms with Gasteiger partial charge in [0.15, 0.2) is 0 Å². The quantitative estimate of drug-likeness (QED) is 0.574. The smallest absolute Gasteiger partial charge is 0.335 e. The molecule has 0 amide bonds. The highest BCUT2D eigenvalue weighted by molar-refractivity contribution is 7.90. The number of hydrogen-bond donors (Lipinski definition) is 3. The predicted octanol–water partition coefficient (Wildman–Crippen LogP) is -1.04. The lowest BCUT2D eigenvalue weighted by Gasteiger charge is -2.11. The molecular formula is C10H14N2O7S2. The van der Waals surface area contributed by atoms with Crippen LogP contribution in [0.15, 0.2) is 23.1 Å². The third-order valence-corrected chi connectivity index (χ3v) is 4.63. The first-order chi connectivity index (χ1) is 9.57. The van der Waals surface area contributed by atoms with Gasteiger partial charge in [-0.1, -0.05) is 0 Å². The number of carboxylic acid groups (broad SMARTS) is 1. The van der Waals surface area contributed by atoms with Gasteiger partial charge in [0, 0.05) is 6.54 Å². The number of carbonyl (C=O) groups is 1. The van der Waals surface area contributed by atoms with Crippen molar-refractivity contribution in [2.24, 2.45) is 5.14 Å². The molecule has 0 saturated carbocycles. The summed E-state index contributed by atoms with van der Waals surface area (Å²) in [7, 11) is -6.74. The zero-order chi connectivity index (χ0) is 16.3. The number of hydrogen-bond acceptors (Lipinski definition) is 6. The molecule has 0 atom stereocenters. The zero-order valence-electron chi connectivity index (χ0n) is 10.9. The van der Waals surface area contributed by atoms with Crippen molar-refractivity contribution in [3.8, 4) is 5.75 Å². The number of carboxylic acids is 1. The van der Waals surface area contributed by atoms with Crippen molar-refractivity contribution in [2.45, 2.75) is 4.90 Å². The Morgan fingerprint density at radius 1 is 1.33 bits per heavy atom. The van der Waals surface area contributed by atoms with Gasteiger partial charge >= 0.3 is 5.97 Å². The van der Waals surface area contributed by atoms with Gasteiger partial charge in [-0.15, -0.1) is 0 Å². The molecule has 0 aliphatic heterocycles. The third-order valence-electron chi connectivity index (χ3n) is 2.38. The highest BCUT2D eigenvalue weighted by atomic mass is 32.2. The summed E-state index contributed by atoms with van der Waals surface area (Å²) in [5.74, 6) is -1.96. The second-order valence-corrected chi connectivity index (χ2v) is 7.40. The highest BCUT2D eigenvalue weighted by Crippen LogP contribution is 2.24. The Morgan fingerprint density at radius 3 is 2.43 bits per heavy atom. The molecule has 1 aromatic rings. The topological polar surface area (TPSA) is 153 Å². The van der Waals surface area contributed by atoms with Crippen LogP contribution < -0.4 is 14.6 Å². The van der Waals surface area contributed by atoms with Crippen LogP contribution in [-0.4, -0.2) is 47.3 Å². The molecule has 0 aliphatic rings. The van der Waals surface area contributed by atoms with Crippen LogP contribution in [0.25, 0.3) is 0 Å². The SMILES string of the molecule is COc1ccc(C(=O)O)cc1S(=O)(=O)NCCS(N)(=O)=O. The molecule has 0 heterocycles. The summed E-state index contributed by atoms with van der Waals surface area (Å²) in [4.78, 5) is 10.5. The lowest BCUT2D eigenvalue weighted by Crippen LogP contribution is -2.31. The molecule has 1 aromatic carbocycles. The van der Waals surface area contributed by atoms with E-state index in [0.29, 0.717) is 0 Å². The molecule has 118 valence electrons. The normalized spacial score (nSPS) is 12.1. The maximum atomic E-state index is 12.1. The average Bonchev–Trinajstić information content (AvgIpc) is 2.36. The van der Waals surface area contributed by atoms with Crippen LogP contribution in [0.1, 0.15) is 10.4 Å². The summed E-state index contributed by atoms with van der Waals surface area (Å²) in [6, 6.07) is 3.29. The molecule has 11 heteroatoms. The minimum absolute atomic E-state index is 0.0666. The number of nitrogens with two attached hydrogens (primary N) is 1. The Kier molecular flexibility index (Phi) is 5.28. The van der Waals surface area contributed by atoms with Gasteiger partial charge in [-0.3, -0.25) is 0 Å². The number of ether oxygens (including phenoxy) is 1. The van der Waals surface area contributed by atoms with Crippen LogP contribution in [0.2, 0.25) is 0 Å². The fourth-order valence-corrected chi connectivity index (χ4v) is 3.16. The molecular weight excluding hydrogens is 324 g/mol. The monoisotopic (exact) mass is 338 g/mol. The number of aromatic carboxylic acids is 1. The molecule has 0 unspecified atom stereocenters. The van der Waals surface area contributed by atoms with Crippen LogP contribution in [0.3, 0.4) is 0 Å². The van der Waals surface area contributed by atoms with Crippen LogP contribution in [0.5, 0.6) is 5.75 Å². The maximum Gasteiger partial charge on any atom is 0.335 e. The van der Waals surface area contributed by atoms with Crippen molar-refractivity contribution in [1.29, 1.82) is 0 Å². The van der Waals surface area contributed by atoms with Crippen LogP contribution >= 0.6 is 0 Å². The molecule has 0 radical (unpaired) electrons.